The maximum absolute atomic E-state index is 4.29. The Morgan fingerprint density at radius 3 is 3.19 bits per heavy atom. The molecule has 3 rings (SSSR count). The number of nitrogens with zero attached hydrogens (tertiary/aromatic N) is 4. The van der Waals surface area contributed by atoms with Crippen molar-refractivity contribution in [2.75, 3.05) is 0 Å². The zero-order valence-corrected chi connectivity index (χ0v) is 9.09. The van der Waals surface area contributed by atoms with Gasteiger partial charge in [0.2, 0.25) is 0 Å². The molecule has 0 aromatic carbocycles. The summed E-state index contributed by atoms with van der Waals surface area (Å²) >= 11 is 0. The summed E-state index contributed by atoms with van der Waals surface area (Å²) in [4.78, 5) is 4.29. The fraction of sp³-hybridized carbons (Fsp3) is 0.364. The van der Waals surface area contributed by atoms with Crippen LogP contribution in [0, 0.1) is 0 Å². The van der Waals surface area contributed by atoms with Crippen LogP contribution in [0.2, 0.25) is 0 Å². The Kier molecular flexibility index (Phi) is 2.18. The lowest BCUT2D eigenvalue weighted by atomic mass is 10.1. The molecule has 0 amide bonds. The molecule has 16 heavy (non-hydrogen) atoms. The summed E-state index contributed by atoms with van der Waals surface area (Å²) in [6.45, 7) is 2.96. The topological polar surface area (TPSA) is 55.6 Å². The minimum absolute atomic E-state index is 0.466. The lowest BCUT2D eigenvalue weighted by molar-refractivity contribution is 0.498. The Morgan fingerprint density at radius 2 is 2.38 bits per heavy atom. The monoisotopic (exact) mass is 215 g/mol. The molecule has 0 aliphatic carbocycles. The summed E-state index contributed by atoms with van der Waals surface area (Å²) in [6, 6.07) is 6.27. The van der Waals surface area contributed by atoms with E-state index in [0.29, 0.717) is 6.04 Å². The van der Waals surface area contributed by atoms with Gasteiger partial charge in [0.25, 0.3) is 0 Å². The Hall–Kier alpha value is -1.75. The van der Waals surface area contributed by atoms with Crippen LogP contribution < -0.4 is 5.32 Å². The Balaban J connectivity index is 2.07. The number of rotatable bonds is 1. The van der Waals surface area contributed by atoms with Gasteiger partial charge in [-0.3, -0.25) is 0 Å². The largest absolute Gasteiger partial charge is 0.308 e. The Morgan fingerprint density at radius 1 is 1.44 bits per heavy atom. The molecule has 1 aliphatic rings. The van der Waals surface area contributed by atoms with E-state index in [2.05, 4.69) is 27.5 Å². The maximum atomic E-state index is 4.29. The van der Waals surface area contributed by atoms with Crippen LogP contribution in [0.3, 0.4) is 0 Å². The van der Waals surface area contributed by atoms with Gasteiger partial charge in [-0.2, -0.15) is 4.68 Å². The number of hydrogen-bond acceptors (Lipinski definition) is 4. The van der Waals surface area contributed by atoms with E-state index in [0.717, 1.165) is 24.5 Å². The molecular weight excluding hydrogens is 202 g/mol. The first-order valence-corrected chi connectivity index (χ1v) is 5.43. The summed E-state index contributed by atoms with van der Waals surface area (Å²) in [5.41, 5.74) is 2.20. The van der Waals surface area contributed by atoms with E-state index in [9.17, 15) is 0 Å². The number of fused-ring (bicyclic) bond motifs is 1. The zero-order chi connectivity index (χ0) is 11.0. The molecule has 0 bridgehead atoms. The zero-order valence-electron chi connectivity index (χ0n) is 9.09. The first-order chi connectivity index (χ1) is 7.84. The molecule has 0 saturated carbocycles. The molecule has 1 N–H and O–H groups in total. The molecule has 5 nitrogen and oxygen atoms in total. The lowest BCUT2D eigenvalue weighted by Gasteiger charge is -2.19. The van der Waals surface area contributed by atoms with Gasteiger partial charge in [-0.1, -0.05) is 11.3 Å². The third-order valence-electron chi connectivity index (χ3n) is 2.83. The average molecular weight is 215 g/mol. The highest BCUT2D eigenvalue weighted by atomic mass is 15.5. The number of hydrogen-bond donors (Lipinski definition) is 1. The van der Waals surface area contributed by atoms with Gasteiger partial charge in [-0.15, -0.1) is 5.10 Å². The van der Waals surface area contributed by atoms with Crippen LogP contribution in [0.15, 0.2) is 24.4 Å². The number of aromatic nitrogens is 4. The standard InChI is InChI=1S/C11H13N5/c1-8-6-10-9(7-13-8)14-15-16(10)11-4-2-3-5-12-11/h2-5,8,13H,6-7H2,1H3. The van der Waals surface area contributed by atoms with Gasteiger partial charge in [0.1, 0.15) is 5.69 Å². The smallest absolute Gasteiger partial charge is 0.155 e. The van der Waals surface area contributed by atoms with Crippen LogP contribution in [0.1, 0.15) is 18.3 Å². The quantitative estimate of drug-likeness (QED) is 0.760. The van der Waals surface area contributed by atoms with Crippen LogP contribution in [0.4, 0.5) is 0 Å². The Labute approximate surface area is 93.5 Å². The second kappa shape index (κ2) is 3.68. The lowest BCUT2D eigenvalue weighted by Crippen LogP contribution is -2.33. The van der Waals surface area contributed by atoms with Gasteiger partial charge in [0, 0.05) is 25.2 Å². The van der Waals surface area contributed by atoms with Gasteiger partial charge >= 0.3 is 0 Å². The third kappa shape index (κ3) is 1.49. The summed E-state index contributed by atoms with van der Waals surface area (Å²) in [5, 5.41) is 11.7. The van der Waals surface area contributed by atoms with Gasteiger partial charge < -0.3 is 5.32 Å². The number of pyridine rings is 1. The summed E-state index contributed by atoms with van der Waals surface area (Å²) in [7, 11) is 0. The molecule has 0 saturated heterocycles. The fourth-order valence-electron chi connectivity index (χ4n) is 1.97. The fourth-order valence-corrected chi connectivity index (χ4v) is 1.97. The van der Waals surface area contributed by atoms with Crippen LogP contribution in [0.25, 0.3) is 5.82 Å². The molecule has 2 aromatic rings. The van der Waals surface area contributed by atoms with Crippen molar-refractivity contribution in [3.63, 3.8) is 0 Å². The summed E-state index contributed by atoms with van der Waals surface area (Å²) < 4.78 is 1.84. The van der Waals surface area contributed by atoms with E-state index < -0.39 is 0 Å². The van der Waals surface area contributed by atoms with E-state index in [1.165, 1.54) is 5.69 Å². The van der Waals surface area contributed by atoms with Crippen LogP contribution in [-0.4, -0.2) is 26.0 Å². The van der Waals surface area contributed by atoms with Gasteiger partial charge in [-0.25, -0.2) is 4.98 Å². The average Bonchev–Trinajstić information content (AvgIpc) is 2.73. The molecule has 0 fully saturated rings. The molecule has 3 heterocycles. The van der Waals surface area contributed by atoms with Crippen molar-refractivity contribution in [1.82, 2.24) is 25.3 Å². The molecule has 2 aromatic heterocycles. The van der Waals surface area contributed by atoms with Crippen molar-refractivity contribution >= 4 is 0 Å². The molecule has 0 spiro atoms. The van der Waals surface area contributed by atoms with E-state index >= 15 is 0 Å². The molecule has 0 radical (unpaired) electrons. The maximum Gasteiger partial charge on any atom is 0.155 e. The molecule has 82 valence electrons. The molecule has 1 atom stereocenters. The predicted octanol–water partition coefficient (Wildman–Crippen LogP) is 0.696. The third-order valence-corrected chi connectivity index (χ3v) is 2.83. The van der Waals surface area contributed by atoms with Crippen LogP contribution in [0.5, 0.6) is 0 Å². The van der Waals surface area contributed by atoms with E-state index in [1.54, 1.807) is 6.20 Å². The second-order valence-corrected chi connectivity index (χ2v) is 4.07. The van der Waals surface area contributed by atoms with Crippen molar-refractivity contribution in [3.05, 3.63) is 35.8 Å². The molecule has 1 aliphatic heterocycles. The highest BCUT2D eigenvalue weighted by Crippen LogP contribution is 2.16. The SMILES string of the molecule is CC1Cc2c(nnn2-c2ccccn2)CN1. The molecule has 5 heteroatoms. The van der Waals surface area contributed by atoms with Crippen molar-refractivity contribution in [3.8, 4) is 5.82 Å². The van der Waals surface area contributed by atoms with Crippen molar-refractivity contribution < 1.29 is 0 Å². The Bertz CT molecular complexity index is 490. The summed E-state index contributed by atoms with van der Waals surface area (Å²) in [6.07, 6.45) is 2.72. The van der Waals surface area contributed by atoms with Crippen molar-refractivity contribution in [2.45, 2.75) is 25.9 Å². The van der Waals surface area contributed by atoms with E-state index in [4.69, 9.17) is 0 Å². The number of nitrogens with one attached hydrogen (secondary N) is 1. The van der Waals surface area contributed by atoms with Gasteiger partial charge in [0.05, 0.1) is 5.69 Å². The first-order valence-electron chi connectivity index (χ1n) is 5.43. The van der Waals surface area contributed by atoms with Gasteiger partial charge in [-0.05, 0) is 19.1 Å². The molecular formula is C11H13N5. The van der Waals surface area contributed by atoms with Crippen LogP contribution >= 0.6 is 0 Å². The van der Waals surface area contributed by atoms with Crippen molar-refractivity contribution in [1.29, 1.82) is 0 Å². The van der Waals surface area contributed by atoms with Gasteiger partial charge in [0.15, 0.2) is 5.82 Å². The highest BCUT2D eigenvalue weighted by molar-refractivity contribution is 5.27. The van der Waals surface area contributed by atoms with E-state index in [1.807, 2.05) is 22.9 Å². The first kappa shape index (κ1) is 9.47. The van der Waals surface area contributed by atoms with E-state index in [-0.39, 0.29) is 0 Å². The molecule has 1 unspecified atom stereocenters. The highest BCUT2D eigenvalue weighted by Gasteiger charge is 2.21. The summed E-state index contributed by atoms with van der Waals surface area (Å²) in [5.74, 6) is 0.838. The normalized spacial score (nSPS) is 19.4. The van der Waals surface area contributed by atoms with Crippen LogP contribution in [-0.2, 0) is 13.0 Å². The van der Waals surface area contributed by atoms with Crippen molar-refractivity contribution in [2.24, 2.45) is 0 Å². The second-order valence-electron chi connectivity index (χ2n) is 4.07. The minimum atomic E-state index is 0.466. The minimum Gasteiger partial charge on any atom is -0.308 e. The predicted molar refractivity (Wildman–Crippen MR) is 59.2 cm³/mol.